The molecule has 5 nitrogen and oxygen atoms in total. The van der Waals surface area contributed by atoms with E-state index in [1.165, 1.54) is 0 Å². The fourth-order valence-electron chi connectivity index (χ4n) is 2.21. The minimum Gasteiger partial charge on any atom is -0.361 e. The van der Waals surface area contributed by atoms with Crippen LogP contribution in [-0.2, 0) is 11.3 Å². The number of nitrogens with zero attached hydrogens (tertiary/aromatic N) is 2. The van der Waals surface area contributed by atoms with Crippen LogP contribution < -0.4 is 5.32 Å². The van der Waals surface area contributed by atoms with Gasteiger partial charge in [0.2, 0.25) is 5.91 Å². The second-order valence-electron chi connectivity index (χ2n) is 4.81. The number of hydrogen-bond acceptors (Lipinski definition) is 4. The number of nitrogens with one attached hydrogen (secondary N) is 1. The van der Waals surface area contributed by atoms with Gasteiger partial charge in [0.1, 0.15) is 16.9 Å². The predicted molar refractivity (Wildman–Crippen MR) is 70.9 cm³/mol. The van der Waals surface area contributed by atoms with Gasteiger partial charge in [-0.3, -0.25) is 4.79 Å². The van der Waals surface area contributed by atoms with Crippen LogP contribution in [0, 0.1) is 23.7 Å². The summed E-state index contributed by atoms with van der Waals surface area (Å²) in [5, 5.41) is 16.0. The number of hydrogen-bond donors (Lipinski definition) is 1. The Hall–Kier alpha value is -1.83. The Balaban J connectivity index is 2.69. The van der Waals surface area contributed by atoms with Gasteiger partial charge in [-0.1, -0.05) is 31.8 Å². The van der Waals surface area contributed by atoms with Gasteiger partial charge in [0, 0.05) is 6.07 Å². The number of aromatic nitrogens is 1. The molecule has 19 heavy (non-hydrogen) atoms. The third-order valence-corrected chi connectivity index (χ3v) is 3.11. The molecule has 1 aromatic heterocycles. The number of amides is 1. The van der Waals surface area contributed by atoms with Crippen LogP contribution in [0.1, 0.15) is 51.0 Å². The Morgan fingerprint density at radius 1 is 1.47 bits per heavy atom. The zero-order chi connectivity index (χ0) is 14.3. The van der Waals surface area contributed by atoms with Crippen molar-refractivity contribution in [2.75, 3.05) is 0 Å². The molecular weight excluding hydrogens is 242 g/mol. The largest absolute Gasteiger partial charge is 0.361 e. The van der Waals surface area contributed by atoms with Crippen LogP contribution in [0.4, 0.5) is 0 Å². The normalized spacial score (nSPS) is 11.1. The molecule has 0 bridgehead atoms. The highest BCUT2D eigenvalue weighted by Crippen LogP contribution is 2.29. The summed E-state index contributed by atoms with van der Waals surface area (Å²) in [6, 6.07) is 3.97. The first-order valence-corrected chi connectivity index (χ1v) is 6.69. The molecule has 0 spiro atoms. The topological polar surface area (TPSA) is 78.9 Å². The average molecular weight is 263 g/mol. The summed E-state index contributed by atoms with van der Waals surface area (Å²) in [4.78, 5) is 12.3. The Morgan fingerprint density at radius 2 is 2.11 bits per heavy atom. The van der Waals surface area contributed by atoms with Gasteiger partial charge in [0.25, 0.3) is 0 Å². The van der Waals surface area contributed by atoms with Crippen molar-refractivity contribution in [2.24, 2.45) is 5.41 Å². The van der Waals surface area contributed by atoms with E-state index in [0.29, 0.717) is 30.8 Å². The molecule has 104 valence electrons. The standard InChI is InChI=1S/C14H21N3O2/c1-4-6-14(10-15,7-5-2)13(18)16-9-12-8-11(3)19-17-12/h8H,4-7,9H2,1-3H3,(H,16,18). The van der Waals surface area contributed by atoms with Gasteiger partial charge >= 0.3 is 0 Å². The van der Waals surface area contributed by atoms with Gasteiger partial charge < -0.3 is 9.84 Å². The van der Waals surface area contributed by atoms with Crippen molar-refractivity contribution in [2.45, 2.75) is 53.0 Å². The minimum absolute atomic E-state index is 0.209. The summed E-state index contributed by atoms with van der Waals surface area (Å²) in [5.41, 5.74) is -0.242. The van der Waals surface area contributed by atoms with E-state index in [4.69, 9.17) is 4.52 Å². The van der Waals surface area contributed by atoms with Crippen molar-refractivity contribution >= 4 is 5.91 Å². The van der Waals surface area contributed by atoms with E-state index in [1.54, 1.807) is 13.0 Å². The molecule has 1 rings (SSSR count). The molecule has 0 unspecified atom stereocenters. The van der Waals surface area contributed by atoms with Gasteiger partial charge in [-0.25, -0.2) is 0 Å². The highest BCUT2D eigenvalue weighted by Gasteiger charge is 2.36. The third-order valence-electron chi connectivity index (χ3n) is 3.11. The van der Waals surface area contributed by atoms with E-state index < -0.39 is 5.41 Å². The molecule has 0 saturated carbocycles. The lowest BCUT2D eigenvalue weighted by atomic mass is 9.80. The van der Waals surface area contributed by atoms with Crippen molar-refractivity contribution in [1.82, 2.24) is 10.5 Å². The Kier molecular flexibility index (Phi) is 5.56. The number of aryl methyl sites for hydroxylation is 1. The highest BCUT2D eigenvalue weighted by atomic mass is 16.5. The second kappa shape index (κ2) is 6.93. The number of nitriles is 1. The molecule has 1 heterocycles. The molecular formula is C14H21N3O2. The van der Waals surface area contributed by atoms with Crippen LogP contribution in [0.3, 0.4) is 0 Å². The van der Waals surface area contributed by atoms with Gasteiger partial charge in [-0.15, -0.1) is 0 Å². The first-order valence-electron chi connectivity index (χ1n) is 6.69. The first kappa shape index (κ1) is 15.2. The monoisotopic (exact) mass is 263 g/mol. The van der Waals surface area contributed by atoms with E-state index in [9.17, 15) is 10.1 Å². The van der Waals surface area contributed by atoms with Gasteiger partial charge in [0.15, 0.2) is 0 Å². The van der Waals surface area contributed by atoms with E-state index in [0.717, 1.165) is 12.8 Å². The minimum atomic E-state index is -0.914. The highest BCUT2D eigenvalue weighted by molar-refractivity contribution is 5.85. The molecule has 1 amide bonds. The van der Waals surface area contributed by atoms with Crippen molar-refractivity contribution in [3.63, 3.8) is 0 Å². The number of carbonyl (C=O) groups is 1. The Bertz CT molecular complexity index is 454. The Morgan fingerprint density at radius 3 is 2.53 bits per heavy atom. The molecule has 0 aliphatic heterocycles. The summed E-state index contributed by atoms with van der Waals surface area (Å²) < 4.78 is 4.94. The SMILES string of the molecule is CCCC(C#N)(CCC)C(=O)NCc1cc(C)on1. The molecule has 0 radical (unpaired) electrons. The predicted octanol–water partition coefficient (Wildman–Crippen LogP) is 2.71. The van der Waals surface area contributed by atoms with Crippen LogP contribution in [0.25, 0.3) is 0 Å². The van der Waals surface area contributed by atoms with Crippen molar-refractivity contribution in [1.29, 1.82) is 5.26 Å². The molecule has 0 fully saturated rings. The smallest absolute Gasteiger partial charge is 0.240 e. The maximum atomic E-state index is 12.3. The quantitative estimate of drug-likeness (QED) is 0.820. The molecule has 0 saturated heterocycles. The summed E-state index contributed by atoms with van der Waals surface area (Å²) in [5.74, 6) is 0.497. The van der Waals surface area contributed by atoms with E-state index >= 15 is 0 Å². The summed E-state index contributed by atoms with van der Waals surface area (Å²) in [6.45, 7) is 6.06. The lowest BCUT2D eigenvalue weighted by molar-refractivity contribution is -0.129. The molecule has 0 aromatic carbocycles. The van der Waals surface area contributed by atoms with E-state index in [-0.39, 0.29) is 5.91 Å². The molecule has 5 heteroatoms. The average Bonchev–Trinajstić information content (AvgIpc) is 2.81. The maximum Gasteiger partial charge on any atom is 0.240 e. The Labute approximate surface area is 114 Å². The van der Waals surface area contributed by atoms with Crippen molar-refractivity contribution in [3.05, 3.63) is 17.5 Å². The molecule has 0 aliphatic rings. The zero-order valence-corrected chi connectivity index (χ0v) is 11.8. The molecule has 0 aliphatic carbocycles. The van der Waals surface area contributed by atoms with Crippen LogP contribution >= 0.6 is 0 Å². The summed E-state index contributed by atoms with van der Waals surface area (Å²) in [7, 11) is 0. The van der Waals surface area contributed by atoms with Crippen molar-refractivity contribution in [3.8, 4) is 6.07 Å². The summed E-state index contributed by atoms with van der Waals surface area (Å²) in [6.07, 6.45) is 2.79. The van der Waals surface area contributed by atoms with E-state index in [2.05, 4.69) is 16.5 Å². The second-order valence-corrected chi connectivity index (χ2v) is 4.81. The number of carbonyl (C=O) groups excluding carboxylic acids is 1. The molecule has 1 aromatic rings. The zero-order valence-electron chi connectivity index (χ0n) is 11.8. The van der Waals surface area contributed by atoms with E-state index in [1.807, 2.05) is 13.8 Å². The van der Waals surface area contributed by atoms with Crippen LogP contribution in [-0.4, -0.2) is 11.1 Å². The van der Waals surface area contributed by atoms with Gasteiger partial charge in [0.05, 0.1) is 12.6 Å². The molecule has 1 N–H and O–H groups in total. The lowest BCUT2D eigenvalue weighted by Gasteiger charge is -2.24. The van der Waals surface area contributed by atoms with Crippen molar-refractivity contribution < 1.29 is 9.32 Å². The lowest BCUT2D eigenvalue weighted by Crippen LogP contribution is -2.39. The molecule has 0 atom stereocenters. The maximum absolute atomic E-state index is 12.3. The fraction of sp³-hybridized carbons (Fsp3) is 0.643. The summed E-state index contributed by atoms with van der Waals surface area (Å²) >= 11 is 0. The van der Waals surface area contributed by atoms with Crippen LogP contribution in [0.2, 0.25) is 0 Å². The van der Waals surface area contributed by atoms with Gasteiger partial charge in [-0.2, -0.15) is 5.26 Å². The van der Waals surface area contributed by atoms with Crippen LogP contribution in [0.15, 0.2) is 10.6 Å². The fourth-order valence-corrected chi connectivity index (χ4v) is 2.21. The van der Waals surface area contributed by atoms with Crippen LogP contribution in [0.5, 0.6) is 0 Å². The third kappa shape index (κ3) is 3.82. The van der Waals surface area contributed by atoms with Gasteiger partial charge in [-0.05, 0) is 19.8 Å². The number of rotatable bonds is 7. The first-order chi connectivity index (χ1) is 9.07.